The third-order valence-electron chi connectivity index (χ3n) is 8.04. The maximum absolute atomic E-state index is 9.16. The summed E-state index contributed by atoms with van der Waals surface area (Å²) in [4.78, 5) is 0. The molecule has 0 aliphatic carbocycles. The van der Waals surface area contributed by atoms with E-state index in [9.17, 15) is 0 Å². The molecule has 1 heteroatoms. The van der Waals surface area contributed by atoms with Crippen LogP contribution in [0.25, 0.3) is 87.6 Å². The molecular formula is C42H26O. The molecule has 1 heterocycles. The second-order valence-electron chi connectivity index (χ2n) is 10.4. The first-order valence-corrected chi connectivity index (χ1v) is 13.8. The summed E-state index contributed by atoms with van der Waals surface area (Å²) in [5, 5.41) is 4.44. The van der Waals surface area contributed by atoms with Crippen molar-refractivity contribution in [3.8, 4) is 33.4 Å². The number of benzene rings is 8. The molecule has 200 valence electrons. The molecule has 0 fully saturated rings. The summed E-state index contributed by atoms with van der Waals surface area (Å²) in [5.41, 5.74) is 3.87. The van der Waals surface area contributed by atoms with Crippen LogP contribution >= 0.6 is 0 Å². The highest BCUT2D eigenvalue weighted by Crippen LogP contribution is 2.46. The van der Waals surface area contributed by atoms with Gasteiger partial charge in [-0.2, -0.15) is 0 Å². The first-order valence-electron chi connectivity index (χ1n) is 19.8. The van der Waals surface area contributed by atoms with Crippen LogP contribution in [0.15, 0.2) is 162 Å². The first kappa shape index (κ1) is 15.0. The second-order valence-corrected chi connectivity index (χ2v) is 10.4. The zero-order valence-electron chi connectivity index (χ0n) is 34.5. The molecule has 8 aromatic carbocycles. The van der Waals surface area contributed by atoms with Crippen LogP contribution in [0.5, 0.6) is 0 Å². The average Bonchev–Trinajstić information content (AvgIpc) is 3.56. The van der Waals surface area contributed by atoms with Gasteiger partial charge in [0.15, 0.2) is 0 Å². The van der Waals surface area contributed by atoms with Gasteiger partial charge in [-0.15, -0.1) is 0 Å². The SMILES string of the molecule is [2H]c1c([2H])c([2H])c(-c2ccc3c(c2)oc2cc(-c4c5ccccc5c(-c5c([2H])c([2H])c([2H])c6c([2H])c([2H])c([2H])c([2H])c56)c5ccccc45)ccc23)c([2H])c1[2H]. The third-order valence-corrected chi connectivity index (χ3v) is 8.04. The van der Waals surface area contributed by atoms with Gasteiger partial charge in [-0.25, -0.2) is 0 Å². The molecule has 0 unspecified atom stereocenters. The van der Waals surface area contributed by atoms with Gasteiger partial charge in [0.1, 0.15) is 11.2 Å². The molecule has 0 bridgehead atoms. The number of rotatable bonds is 3. The van der Waals surface area contributed by atoms with E-state index in [1.807, 2.05) is 72.8 Å². The van der Waals surface area contributed by atoms with Crippen LogP contribution in [-0.2, 0) is 0 Å². The second kappa shape index (κ2) is 9.44. The van der Waals surface area contributed by atoms with Gasteiger partial charge in [0, 0.05) is 10.8 Å². The molecule has 0 amide bonds. The van der Waals surface area contributed by atoms with Crippen LogP contribution in [0.1, 0.15) is 16.4 Å². The Balaban J connectivity index is 1.32. The zero-order valence-corrected chi connectivity index (χ0v) is 22.5. The fourth-order valence-corrected chi connectivity index (χ4v) is 6.19. The lowest BCUT2D eigenvalue weighted by molar-refractivity contribution is 0.669. The van der Waals surface area contributed by atoms with Gasteiger partial charge in [-0.1, -0.05) is 133 Å². The van der Waals surface area contributed by atoms with Crippen molar-refractivity contribution in [3.63, 3.8) is 0 Å². The number of fused-ring (bicyclic) bond motifs is 6. The molecule has 0 N–H and O–H groups in total. The molecule has 0 spiro atoms. The maximum atomic E-state index is 9.16. The molecule has 0 aliphatic rings. The monoisotopic (exact) mass is 558 g/mol. The summed E-state index contributed by atoms with van der Waals surface area (Å²) in [6.45, 7) is 0. The van der Waals surface area contributed by atoms with E-state index in [0.717, 1.165) is 32.7 Å². The topological polar surface area (TPSA) is 13.1 Å². The van der Waals surface area contributed by atoms with Gasteiger partial charge in [0.2, 0.25) is 0 Å². The van der Waals surface area contributed by atoms with E-state index in [4.69, 9.17) is 20.9 Å². The van der Waals surface area contributed by atoms with Gasteiger partial charge < -0.3 is 4.42 Å². The van der Waals surface area contributed by atoms with E-state index in [-0.39, 0.29) is 46.1 Å². The Morgan fingerprint density at radius 1 is 0.395 bits per heavy atom. The van der Waals surface area contributed by atoms with Gasteiger partial charge in [-0.3, -0.25) is 0 Å². The van der Waals surface area contributed by atoms with Crippen LogP contribution in [0, 0.1) is 0 Å². The highest BCUT2D eigenvalue weighted by molar-refractivity contribution is 6.24. The molecule has 9 aromatic rings. The van der Waals surface area contributed by atoms with Gasteiger partial charge in [-0.05, 0) is 90.0 Å². The van der Waals surface area contributed by atoms with Crippen molar-refractivity contribution in [2.45, 2.75) is 0 Å². The Morgan fingerprint density at radius 2 is 0.953 bits per heavy atom. The molecule has 1 nitrogen and oxygen atoms in total. The molecule has 0 saturated heterocycles. The van der Waals surface area contributed by atoms with Gasteiger partial charge >= 0.3 is 0 Å². The van der Waals surface area contributed by atoms with Crippen molar-refractivity contribution >= 4 is 54.3 Å². The highest BCUT2D eigenvalue weighted by atomic mass is 16.3. The Hall–Kier alpha value is -5.66. The molecule has 0 saturated carbocycles. The Morgan fingerprint density at radius 3 is 1.65 bits per heavy atom. The van der Waals surface area contributed by atoms with E-state index in [1.165, 1.54) is 0 Å². The minimum absolute atomic E-state index is 0.0201. The molecule has 9 rings (SSSR count). The predicted octanol–water partition coefficient (Wildman–Crippen LogP) is 12.0. The summed E-state index contributed by atoms with van der Waals surface area (Å²) < 4.78 is 109. The smallest absolute Gasteiger partial charge is 0.136 e. The van der Waals surface area contributed by atoms with E-state index < -0.39 is 48.3 Å². The van der Waals surface area contributed by atoms with Gasteiger partial charge in [0.05, 0.1) is 16.4 Å². The van der Waals surface area contributed by atoms with Crippen molar-refractivity contribution in [1.82, 2.24) is 0 Å². The summed E-state index contributed by atoms with van der Waals surface area (Å²) in [6, 6.07) is 21.3. The molecular weight excluding hydrogens is 520 g/mol. The summed E-state index contributed by atoms with van der Waals surface area (Å²) >= 11 is 0. The fourth-order valence-electron chi connectivity index (χ4n) is 6.19. The van der Waals surface area contributed by atoms with Crippen LogP contribution in [0.3, 0.4) is 0 Å². The van der Waals surface area contributed by atoms with Crippen molar-refractivity contribution in [1.29, 1.82) is 0 Å². The number of furan rings is 1. The Kier molecular flexibility index (Phi) is 3.29. The molecule has 43 heavy (non-hydrogen) atoms. The minimum Gasteiger partial charge on any atom is -0.456 e. The summed E-state index contributed by atoms with van der Waals surface area (Å²) in [5.74, 6) is 0. The predicted molar refractivity (Wildman–Crippen MR) is 183 cm³/mol. The van der Waals surface area contributed by atoms with Crippen LogP contribution in [0.2, 0.25) is 0 Å². The van der Waals surface area contributed by atoms with Crippen LogP contribution < -0.4 is 0 Å². The summed E-state index contributed by atoms with van der Waals surface area (Å²) in [7, 11) is 0. The minimum atomic E-state index is -0.509. The zero-order chi connectivity index (χ0) is 38.8. The lowest BCUT2D eigenvalue weighted by Crippen LogP contribution is -1.91. The third kappa shape index (κ3) is 3.72. The standard InChI is InChI=1S/C42H26O/c1-2-11-27(12-3-1)29-21-23-32-33-24-22-30(26-40(33)43-39(32)25-29)41-35-16-6-8-18-37(35)42(38-19-9-7-17-36(38)41)34-20-10-14-28-13-4-5-15-31(28)34/h1-26H/i1D,2D,3D,4D,5D,10D,11D,12D,13D,14D,15D,20D. The molecule has 0 aliphatic heterocycles. The maximum Gasteiger partial charge on any atom is 0.136 e. The Bertz CT molecular complexity index is 3090. The van der Waals surface area contributed by atoms with E-state index in [1.54, 1.807) is 12.1 Å². The lowest BCUT2D eigenvalue weighted by atomic mass is 9.84. The van der Waals surface area contributed by atoms with Crippen molar-refractivity contribution in [2.75, 3.05) is 0 Å². The van der Waals surface area contributed by atoms with Crippen molar-refractivity contribution < 1.29 is 20.9 Å². The first-order chi connectivity index (χ1) is 26.3. The quantitative estimate of drug-likeness (QED) is 0.197. The summed E-state index contributed by atoms with van der Waals surface area (Å²) in [6.07, 6.45) is 0. The largest absolute Gasteiger partial charge is 0.456 e. The van der Waals surface area contributed by atoms with E-state index in [0.29, 0.717) is 33.1 Å². The highest BCUT2D eigenvalue weighted by Gasteiger charge is 2.19. The van der Waals surface area contributed by atoms with E-state index >= 15 is 0 Å². The molecule has 0 radical (unpaired) electrons. The van der Waals surface area contributed by atoms with Crippen molar-refractivity contribution in [3.05, 3.63) is 157 Å². The number of hydrogen-bond acceptors (Lipinski definition) is 1. The normalized spacial score (nSPS) is 15.6. The lowest BCUT2D eigenvalue weighted by Gasteiger charge is -2.18. The van der Waals surface area contributed by atoms with Crippen molar-refractivity contribution in [2.24, 2.45) is 0 Å². The molecule has 1 aromatic heterocycles. The average molecular weight is 559 g/mol. The van der Waals surface area contributed by atoms with Crippen LogP contribution in [0.4, 0.5) is 0 Å². The fraction of sp³-hybridized carbons (Fsp3) is 0. The molecule has 0 atom stereocenters. The van der Waals surface area contributed by atoms with Gasteiger partial charge in [0.25, 0.3) is 0 Å². The van der Waals surface area contributed by atoms with Crippen LogP contribution in [-0.4, -0.2) is 0 Å². The van der Waals surface area contributed by atoms with E-state index in [2.05, 4.69) is 0 Å². The number of hydrogen-bond donors (Lipinski definition) is 0. The Labute approximate surface area is 266 Å².